The quantitative estimate of drug-likeness (QED) is 0.416. The van der Waals surface area contributed by atoms with Gasteiger partial charge in [0.05, 0.1) is 5.75 Å². The summed E-state index contributed by atoms with van der Waals surface area (Å²) in [6.45, 7) is 1.35. The minimum Gasteiger partial charge on any atom is -0.484 e. The van der Waals surface area contributed by atoms with Crippen LogP contribution >= 0.6 is 27.7 Å². The average molecular weight is 525 g/mol. The van der Waals surface area contributed by atoms with Crippen molar-refractivity contribution in [1.82, 2.24) is 0 Å². The average Bonchev–Trinajstić information content (AvgIpc) is 3.20. The maximum absolute atomic E-state index is 12.5. The maximum atomic E-state index is 12.5. The Morgan fingerprint density at radius 2 is 1.70 bits per heavy atom. The second-order valence-corrected chi connectivity index (χ2v) is 9.43. The predicted octanol–water partition coefficient (Wildman–Crippen LogP) is 5.45. The molecule has 0 saturated carbocycles. The number of carbonyl (C=O) groups excluding carboxylic acids is 3. The van der Waals surface area contributed by atoms with Gasteiger partial charge in [-0.05, 0) is 73.2 Å². The lowest BCUT2D eigenvalue weighted by molar-refractivity contribution is -0.118. The lowest BCUT2D eigenvalue weighted by Crippen LogP contribution is -2.27. The van der Waals surface area contributed by atoms with E-state index < -0.39 is 0 Å². The number of benzene rings is 3. The molecule has 6 nitrogen and oxygen atoms in total. The number of amides is 2. The van der Waals surface area contributed by atoms with Gasteiger partial charge in [-0.15, -0.1) is 11.8 Å². The molecule has 1 unspecified atom stereocenters. The number of anilines is 2. The zero-order chi connectivity index (χ0) is 23.4. The van der Waals surface area contributed by atoms with E-state index in [0.717, 1.165) is 15.7 Å². The minimum atomic E-state index is -0.298. The summed E-state index contributed by atoms with van der Waals surface area (Å²) in [5, 5.41) is 2.62. The van der Waals surface area contributed by atoms with Gasteiger partial charge in [0, 0.05) is 21.4 Å². The summed E-state index contributed by atoms with van der Waals surface area (Å²) in [5.41, 5.74) is 3.02. The van der Waals surface area contributed by atoms with Gasteiger partial charge < -0.3 is 10.1 Å². The first-order chi connectivity index (χ1) is 15.9. The van der Waals surface area contributed by atoms with Gasteiger partial charge in [0.25, 0.3) is 5.91 Å². The summed E-state index contributed by atoms with van der Waals surface area (Å²) in [4.78, 5) is 37.8. The highest BCUT2D eigenvalue weighted by atomic mass is 79.9. The molecule has 1 aliphatic rings. The third-order valence-electron chi connectivity index (χ3n) is 5.08. The molecule has 4 rings (SSSR count). The van der Waals surface area contributed by atoms with E-state index in [0.29, 0.717) is 22.8 Å². The fourth-order valence-electron chi connectivity index (χ4n) is 3.41. The molecule has 3 aromatic carbocycles. The highest BCUT2D eigenvalue weighted by Crippen LogP contribution is 2.42. The van der Waals surface area contributed by atoms with Crippen molar-refractivity contribution in [1.29, 1.82) is 0 Å². The highest BCUT2D eigenvalue weighted by Gasteiger charge is 2.34. The van der Waals surface area contributed by atoms with Gasteiger partial charge >= 0.3 is 0 Å². The van der Waals surface area contributed by atoms with Crippen molar-refractivity contribution in [3.8, 4) is 5.75 Å². The molecule has 33 heavy (non-hydrogen) atoms. The highest BCUT2D eigenvalue weighted by molar-refractivity contribution is 9.10. The molecular weight excluding hydrogens is 504 g/mol. The van der Waals surface area contributed by atoms with E-state index in [2.05, 4.69) is 21.2 Å². The van der Waals surface area contributed by atoms with Crippen LogP contribution in [0, 0.1) is 0 Å². The van der Waals surface area contributed by atoms with Crippen LogP contribution in [-0.4, -0.2) is 30.0 Å². The summed E-state index contributed by atoms with van der Waals surface area (Å²) < 4.78 is 6.57. The van der Waals surface area contributed by atoms with Crippen molar-refractivity contribution in [3.05, 3.63) is 88.4 Å². The molecule has 0 aliphatic carbocycles. The fraction of sp³-hybridized carbons (Fsp3) is 0.160. The van der Waals surface area contributed by atoms with E-state index in [4.69, 9.17) is 4.74 Å². The molecule has 0 radical (unpaired) electrons. The minimum absolute atomic E-state index is 0.0278. The number of thioether (sulfide) groups is 1. The summed E-state index contributed by atoms with van der Waals surface area (Å²) in [7, 11) is 0. The van der Waals surface area contributed by atoms with Gasteiger partial charge in [-0.3, -0.25) is 19.3 Å². The van der Waals surface area contributed by atoms with Crippen molar-refractivity contribution in [2.24, 2.45) is 0 Å². The molecule has 2 amide bonds. The van der Waals surface area contributed by atoms with E-state index in [1.54, 1.807) is 53.1 Å². The Bertz CT molecular complexity index is 1160. The third kappa shape index (κ3) is 5.64. The number of nitrogens with zero attached hydrogens (tertiary/aromatic N) is 1. The monoisotopic (exact) mass is 524 g/mol. The van der Waals surface area contributed by atoms with Gasteiger partial charge in [-0.1, -0.05) is 28.1 Å². The first-order valence-electron chi connectivity index (χ1n) is 10.2. The summed E-state index contributed by atoms with van der Waals surface area (Å²) in [6.07, 6.45) is 0. The Hall–Kier alpha value is -3.10. The molecule has 1 atom stereocenters. The smallest absolute Gasteiger partial charge is 0.262 e. The predicted molar refractivity (Wildman–Crippen MR) is 134 cm³/mol. The third-order valence-corrected chi connectivity index (χ3v) is 6.82. The van der Waals surface area contributed by atoms with Crippen LogP contribution in [0.3, 0.4) is 0 Å². The van der Waals surface area contributed by atoms with Crippen LogP contribution in [0.5, 0.6) is 5.75 Å². The first kappa shape index (κ1) is 23.1. The van der Waals surface area contributed by atoms with Crippen molar-refractivity contribution in [2.75, 3.05) is 22.6 Å². The Kier molecular flexibility index (Phi) is 7.15. The molecule has 0 aromatic heterocycles. The Morgan fingerprint density at radius 1 is 1.03 bits per heavy atom. The topological polar surface area (TPSA) is 75.7 Å². The number of hydrogen-bond donors (Lipinski definition) is 1. The van der Waals surface area contributed by atoms with E-state index in [1.165, 1.54) is 6.92 Å². The Balaban J connectivity index is 1.36. The van der Waals surface area contributed by atoms with Crippen LogP contribution in [0.4, 0.5) is 11.4 Å². The largest absolute Gasteiger partial charge is 0.484 e. The number of Topliss-reactive ketones (excluding diaryl/α,β-unsaturated/α-hetero) is 1. The molecule has 8 heteroatoms. The Labute approximate surface area is 204 Å². The first-order valence-corrected chi connectivity index (χ1v) is 12.1. The number of ether oxygens (including phenoxy) is 1. The molecular formula is C25H21BrN2O4S. The molecule has 3 aromatic rings. The summed E-state index contributed by atoms with van der Waals surface area (Å²) in [5.74, 6) is 0.728. The van der Waals surface area contributed by atoms with Gasteiger partial charge in [0.1, 0.15) is 11.1 Å². The number of rotatable bonds is 7. The van der Waals surface area contributed by atoms with Crippen molar-refractivity contribution < 1.29 is 19.1 Å². The molecule has 168 valence electrons. The van der Waals surface area contributed by atoms with Crippen LogP contribution in [0.15, 0.2) is 77.3 Å². The summed E-state index contributed by atoms with van der Waals surface area (Å²) >= 11 is 5.00. The van der Waals surface area contributed by atoms with Crippen LogP contribution in [-0.2, 0) is 9.59 Å². The van der Waals surface area contributed by atoms with Gasteiger partial charge in [-0.2, -0.15) is 0 Å². The van der Waals surface area contributed by atoms with Crippen LogP contribution in [0.1, 0.15) is 28.2 Å². The van der Waals surface area contributed by atoms with E-state index >= 15 is 0 Å². The summed E-state index contributed by atoms with van der Waals surface area (Å²) in [6, 6.07) is 21.8. The molecule has 1 fully saturated rings. The van der Waals surface area contributed by atoms with Crippen LogP contribution < -0.4 is 15.0 Å². The normalized spacial score (nSPS) is 15.4. The zero-order valence-electron chi connectivity index (χ0n) is 17.8. The number of ketones is 1. The lowest BCUT2D eigenvalue weighted by Gasteiger charge is -2.24. The second kappa shape index (κ2) is 10.2. The Morgan fingerprint density at radius 3 is 2.33 bits per heavy atom. The van der Waals surface area contributed by atoms with Crippen molar-refractivity contribution in [2.45, 2.75) is 12.3 Å². The molecule has 1 heterocycles. The zero-order valence-corrected chi connectivity index (χ0v) is 20.2. The van der Waals surface area contributed by atoms with Crippen molar-refractivity contribution in [3.63, 3.8) is 0 Å². The molecule has 1 N–H and O–H groups in total. The van der Waals surface area contributed by atoms with Gasteiger partial charge in [-0.25, -0.2) is 0 Å². The maximum Gasteiger partial charge on any atom is 0.262 e. The van der Waals surface area contributed by atoms with E-state index in [-0.39, 0.29) is 29.6 Å². The SMILES string of the molecule is CC(=O)c1ccc(NC(=O)COc2ccc(C3SCC(=O)N3c3ccc(Br)cc3)cc2)cc1. The molecule has 1 saturated heterocycles. The van der Waals surface area contributed by atoms with Gasteiger partial charge in [0.2, 0.25) is 5.91 Å². The van der Waals surface area contributed by atoms with Crippen molar-refractivity contribution >= 4 is 56.7 Å². The number of hydrogen-bond acceptors (Lipinski definition) is 5. The van der Waals surface area contributed by atoms with E-state index in [9.17, 15) is 14.4 Å². The number of halogens is 1. The van der Waals surface area contributed by atoms with Crippen LogP contribution in [0.25, 0.3) is 0 Å². The number of carbonyl (C=O) groups is 3. The van der Waals surface area contributed by atoms with Gasteiger partial charge in [0.15, 0.2) is 12.4 Å². The molecule has 0 bridgehead atoms. The standard InChI is InChI=1S/C25H21BrN2O4S/c1-16(29)17-2-8-20(9-3-17)27-23(30)14-32-22-12-4-18(5-13-22)25-28(24(31)15-33-25)21-10-6-19(26)7-11-21/h2-13,25H,14-15H2,1H3,(H,27,30). The van der Waals surface area contributed by atoms with E-state index in [1.807, 2.05) is 36.4 Å². The lowest BCUT2D eigenvalue weighted by atomic mass is 10.1. The fourth-order valence-corrected chi connectivity index (χ4v) is 4.86. The molecule has 0 spiro atoms. The number of nitrogens with one attached hydrogen (secondary N) is 1. The van der Waals surface area contributed by atoms with Crippen LogP contribution in [0.2, 0.25) is 0 Å². The second-order valence-electron chi connectivity index (χ2n) is 7.44. The molecule has 1 aliphatic heterocycles.